The molecule has 0 aliphatic heterocycles. The molecule has 0 saturated carbocycles. The number of benzene rings is 1. The second-order valence-electron chi connectivity index (χ2n) is 7.01. The SMILES string of the molecule is C=CCc1cc(CNc2cc(Cl)nc(Nc3nc(C)c(C(=O)OCC)s3)n2)ccc1S(N)(=O)=O. The number of hydrogen-bond acceptors (Lipinski definition) is 10. The molecule has 3 rings (SSSR count). The highest BCUT2D eigenvalue weighted by Crippen LogP contribution is 2.26. The van der Waals surface area contributed by atoms with E-state index in [4.69, 9.17) is 21.5 Å². The maximum atomic E-state index is 12.0. The van der Waals surface area contributed by atoms with Gasteiger partial charge < -0.3 is 10.1 Å². The summed E-state index contributed by atoms with van der Waals surface area (Å²) in [5, 5.41) is 12.0. The van der Waals surface area contributed by atoms with E-state index in [0.29, 0.717) is 40.0 Å². The first-order valence-corrected chi connectivity index (χ1v) is 12.8. The maximum absolute atomic E-state index is 12.0. The molecular weight excluding hydrogens is 500 g/mol. The Balaban J connectivity index is 1.76. The summed E-state index contributed by atoms with van der Waals surface area (Å²) in [5.74, 6) is 0.183. The summed E-state index contributed by atoms with van der Waals surface area (Å²) in [6, 6.07) is 6.42. The summed E-state index contributed by atoms with van der Waals surface area (Å²) in [5.41, 5.74) is 1.89. The van der Waals surface area contributed by atoms with Gasteiger partial charge in [0.05, 0.1) is 17.2 Å². The molecule has 0 radical (unpaired) electrons. The van der Waals surface area contributed by atoms with E-state index in [0.717, 1.165) is 16.9 Å². The predicted octanol–water partition coefficient (Wildman–Crippen LogP) is 3.80. The molecule has 0 spiro atoms. The van der Waals surface area contributed by atoms with Gasteiger partial charge in [0.1, 0.15) is 15.8 Å². The Hall–Kier alpha value is -3.06. The minimum Gasteiger partial charge on any atom is -0.462 e. The van der Waals surface area contributed by atoms with Crippen molar-refractivity contribution >= 4 is 55.8 Å². The normalized spacial score (nSPS) is 11.2. The average Bonchev–Trinajstić information content (AvgIpc) is 3.11. The zero-order valence-corrected chi connectivity index (χ0v) is 20.9. The van der Waals surface area contributed by atoms with Crippen LogP contribution < -0.4 is 15.8 Å². The third kappa shape index (κ3) is 6.50. The summed E-state index contributed by atoms with van der Waals surface area (Å²) in [7, 11) is -3.84. The first-order valence-electron chi connectivity index (χ1n) is 10.1. The van der Waals surface area contributed by atoms with Crippen molar-refractivity contribution in [3.05, 3.63) is 63.8 Å². The van der Waals surface area contributed by atoms with Crippen LogP contribution in [0.1, 0.15) is 33.4 Å². The first-order chi connectivity index (χ1) is 16.1. The van der Waals surface area contributed by atoms with Gasteiger partial charge in [-0.3, -0.25) is 5.32 Å². The Morgan fingerprint density at radius 1 is 1.29 bits per heavy atom. The Morgan fingerprint density at radius 2 is 2.06 bits per heavy atom. The van der Waals surface area contributed by atoms with E-state index in [1.807, 2.05) is 0 Å². The van der Waals surface area contributed by atoms with Crippen molar-refractivity contribution in [2.45, 2.75) is 31.7 Å². The fourth-order valence-corrected chi connectivity index (χ4v) is 4.83. The Labute approximate surface area is 206 Å². The van der Waals surface area contributed by atoms with Crippen LogP contribution in [-0.4, -0.2) is 35.9 Å². The minimum absolute atomic E-state index is 0.0636. The molecule has 1 aromatic carbocycles. The highest BCUT2D eigenvalue weighted by atomic mass is 35.5. The largest absolute Gasteiger partial charge is 0.462 e. The Kier molecular flexibility index (Phi) is 8.20. The number of anilines is 3. The number of rotatable bonds is 10. The number of sulfonamides is 1. The molecule has 0 atom stereocenters. The van der Waals surface area contributed by atoms with E-state index in [9.17, 15) is 13.2 Å². The van der Waals surface area contributed by atoms with Crippen LogP contribution in [0.3, 0.4) is 0 Å². The number of halogens is 1. The molecule has 0 aliphatic rings. The molecule has 0 aliphatic carbocycles. The average molecular weight is 523 g/mol. The highest BCUT2D eigenvalue weighted by Gasteiger charge is 2.17. The lowest BCUT2D eigenvalue weighted by atomic mass is 10.1. The molecule has 0 unspecified atom stereocenters. The van der Waals surface area contributed by atoms with Crippen molar-refractivity contribution in [3.8, 4) is 0 Å². The molecule has 0 fully saturated rings. The Morgan fingerprint density at radius 3 is 2.74 bits per heavy atom. The van der Waals surface area contributed by atoms with E-state index >= 15 is 0 Å². The van der Waals surface area contributed by atoms with Gasteiger partial charge in [-0.05, 0) is 37.5 Å². The lowest BCUT2D eigenvalue weighted by molar-refractivity contribution is 0.0531. The van der Waals surface area contributed by atoms with Crippen molar-refractivity contribution in [3.63, 3.8) is 0 Å². The number of allylic oxidation sites excluding steroid dienone is 1. The van der Waals surface area contributed by atoms with Crippen molar-refractivity contribution in [2.75, 3.05) is 17.2 Å². The number of nitrogens with one attached hydrogen (secondary N) is 2. The highest BCUT2D eigenvalue weighted by molar-refractivity contribution is 7.89. The molecule has 2 aromatic heterocycles. The fourth-order valence-electron chi connectivity index (χ4n) is 3.02. The molecule has 0 amide bonds. The molecule has 0 bridgehead atoms. The van der Waals surface area contributed by atoms with E-state index in [2.05, 4.69) is 32.2 Å². The molecule has 3 aromatic rings. The van der Waals surface area contributed by atoms with Crippen LogP contribution in [0.25, 0.3) is 0 Å². The number of ether oxygens (including phenoxy) is 1. The summed E-state index contributed by atoms with van der Waals surface area (Å²) < 4.78 is 28.6. The van der Waals surface area contributed by atoms with Crippen molar-refractivity contribution < 1.29 is 17.9 Å². The van der Waals surface area contributed by atoms with E-state index in [1.54, 1.807) is 38.1 Å². The van der Waals surface area contributed by atoms with Gasteiger partial charge in [-0.2, -0.15) is 4.98 Å². The number of hydrogen-bond donors (Lipinski definition) is 3. The third-order valence-corrected chi connectivity index (χ3v) is 6.70. The second-order valence-corrected chi connectivity index (χ2v) is 9.93. The summed E-state index contributed by atoms with van der Waals surface area (Å²) >= 11 is 7.28. The summed E-state index contributed by atoms with van der Waals surface area (Å²) in [6.07, 6.45) is 1.96. The van der Waals surface area contributed by atoms with Crippen molar-refractivity contribution in [1.82, 2.24) is 15.0 Å². The molecule has 10 nitrogen and oxygen atoms in total. The van der Waals surface area contributed by atoms with Crippen LogP contribution >= 0.6 is 22.9 Å². The first kappa shape index (κ1) is 25.6. The zero-order chi connectivity index (χ0) is 24.9. The zero-order valence-electron chi connectivity index (χ0n) is 18.5. The number of nitrogens with zero attached hydrogens (tertiary/aromatic N) is 3. The number of aryl methyl sites for hydroxylation is 1. The number of carbonyl (C=O) groups is 1. The van der Waals surface area contributed by atoms with E-state index < -0.39 is 16.0 Å². The van der Waals surface area contributed by atoms with Gasteiger partial charge in [0.25, 0.3) is 0 Å². The van der Waals surface area contributed by atoms with Gasteiger partial charge in [0.2, 0.25) is 16.0 Å². The maximum Gasteiger partial charge on any atom is 0.350 e. The molecule has 4 N–H and O–H groups in total. The molecule has 2 heterocycles. The van der Waals surface area contributed by atoms with Crippen LogP contribution in [0, 0.1) is 6.92 Å². The number of thiazole rings is 1. The molecule has 34 heavy (non-hydrogen) atoms. The van der Waals surface area contributed by atoms with Crippen molar-refractivity contribution in [2.24, 2.45) is 5.14 Å². The summed E-state index contributed by atoms with van der Waals surface area (Å²) in [4.78, 5) is 25.3. The number of primary sulfonamides is 1. The minimum atomic E-state index is -3.84. The molecular formula is C21H23ClN6O4S2. The van der Waals surface area contributed by atoms with Gasteiger partial charge in [-0.1, -0.05) is 41.1 Å². The monoisotopic (exact) mass is 522 g/mol. The van der Waals surface area contributed by atoms with Gasteiger partial charge in [-0.25, -0.2) is 28.3 Å². The third-order valence-electron chi connectivity index (χ3n) is 4.44. The molecule has 13 heteroatoms. The van der Waals surface area contributed by atoms with E-state index in [1.165, 1.54) is 6.07 Å². The van der Waals surface area contributed by atoms with E-state index in [-0.39, 0.29) is 22.6 Å². The van der Waals surface area contributed by atoms with Gasteiger partial charge in [0.15, 0.2) is 5.13 Å². The second kappa shape index (κ2) is 10.9. The number of aromatic nitrogens is 3. The van der Waals surface area contributed by atoms with Crippen molar-refractivity contribution in [1.29, 1.82) is 0 Å². The van der Waals surface area contributed by atoms with Gasteiger partial charge >= 0.3 is 5.97 Å². The van der Waals surface area contributed by atoms with Crippen LogP contribution in [0.15, 0.2) is 41.8 Å². The van der Waals surface area contributed by atoms with Crippen LogP contribution in [0.5, 0.6) is 0 Å². The molecule has 0 saturated heterocycles. The van der Waals surface area contributed by atoms with Gasteiger partial charge in [0, 0.05) is 12.6 Å². The fraction of sp³-hybridized carbons (Fsp3) is 0.238. The topological polar surface area (TPSA) is 149 Å². The summed E-state index contributed by atoms with van der Waals surface area (Å²) in [6.45, 7) is 7.71. The lowest BCUT2D eigenvalue weighted by Crippen LogP contribution is -2.15. The lowest BCUT2D eigenvalue weighted by Gasteiger charge is -2.11. The predicted molar refractivity (Wildman–Crippen MR) is 132 cm³/mol. The van der Waals surface area contributed by atoms with Crippen LogP contribution in [-0.2, 0) is 27.7 Å². The van der Waals surface area contributed by atoms with Crippen LogP contribution in [0.2, 0.25) is 5.15 Å². The van der Waals surface area contributed by atoms with Crippen LogP contribution in [0.4, 0.5) is 16.9 Å². The number of carbonyl (C=O) groups excluding carboxylic acids is 1. The Bertz CT molecular complexity index is 1330. The molecule has 180 valence electrons. The van der Waals surface area contributed by atoms with Gasteiger partial charge in [-0.15, -0.1) is 6.58 Å². The number of nitrogens with two attached hydrogens (primary N) is 1. The number of esters is 1. The quantitative estimate of drug-likeness (QED) is 0.205. The standard InChI is InChI=1S/C21H23ClN6O4S2/c1-4-6-14-9-13(7-8-15(14)34(23,30)31)11-24-17-10-16(22)26-20(27-17)28-21-25-12(3)18(33-21)19(29)32-5-2/h4,7-10H,1,5-6,11H2,2-3H3,(H2,23,30,31)(H2,24,25,26,27,28). The smallest absolute Gasteiger partial charge is 0.350 e.